The molecule has 10 heteroatoms. The Bertz CT molecular complexity index is 1540. The number of ether oxygens (including phenoxy) is 4. The van der Waals surface area contributed by atoms with Gasteiger partial charge in [-0.2, -0.15) is 5.10 Å². The van der Waals surface area contributed by atoms with Gasteiger partial charge >= 0.3 is 5.97 Å². The van der Waals surface area contributed by atoms with Gasteiger partial charge in [0.25, 0.3) is 5.91 Å². The smallest absolute Gasteiger partial charge is 0.310 e. The number of esters is 1. The zero-order chi connectivity index (χ0) is 30.5. The first kappa shape index (κ1) is 30.4. The number of nitrogens with zero attached hydrogens (tertiary/aromatic N) is 2. The Kier molecular flexibility index (Phi) is 9.58. The molecule has 2 atom stereocenters. The van der Waals surface area contributed by atoms with Crippen molar-refractivity contribution in [1.82, 2.24) is 5.01 Å². The fourth-order valence-corrected chi connectivity index (χ4v) is 5.99. The summed E-state index contributed by atoms with van der Waals surface area (Å²) in [6.07, 6.45) is 4.64. The van der Waals surface area contributed by atoms with Crippen LogP contribution >= 0.6 is 23.2 Å². The minimum Gasteiger partial charge on any atom is -0.493 e. The molecule has 8 nitrogen and oxygen atoms in total. The summed E-state index contributed by atoms with van der Waals surface area (Å²) in [5, 5.41) is 7.57. The number of allylic oxidation sites excluding steroid dienone is 1. The first-order valence-corrected chi connectivity index (χ1v) is 14.6. The molecule has 0 spiro atoms. The van der Waals surface area contributed by atoms with Gasteiger partial charge in [-0.3, -0.25) is 9.59 Å². The lowest BCUT2D eigenvalue weighted by molar-refractivity contribution is -0.152. The molecule has 1 amide bonds. The number of hydrogen-bond donors (Lipinski definition) is 0. The summed E-state index contributed by atoms with van der Waals surface area (Å²) < 4.78 is 21.5. The molecule has 0 N–H and O–H groups in total. The van der Waals surface area contributed by atoms with Gasteiger partial charge in [0.15, 0.2) is 18.1 Å². The fourth-order valence-electron chi connectivity index (χ4n) is 5.66. The maximum absolute atomic E-state index is 13.6. The summed E-state index contributed by atoms with van der Waals surface area (Å²) in [6, 6.07) is 18.1. The van der Waals surface area contributed by atoms with Gasteiger partial charge in [-0.05, 0) is 84.0 Å². The molecule has 0 radical (unpaired) electrons. The maximum Gasteiger partial charge on any atom is 0.310 e. The Labute approximate surface area is 260 Å². The van der Waals surface area contributed by atoms with E-state index in [-0.39, 0.29) is 18.4 Å². The van der Waals surface area contributed by atoms with Crippen molar-refractivity contribution in [1.29, 1.82) is 0 Å². The Hall–Kier alpha value is -4.01. The van der Waals surface area contributed by atoms with Crippen LogP contribution in [0.5, 0.6) is 17.2 Å². The summed E-state index contributed by atoms with van der Waals surface area (Å²) in [5.41, 5.74) is 4.40. The normalized spacial score (nSPS) is 18.6. The number of halogens is 2. The third-order valence-corrected chi connectivity index (χ3v) is 8.07. The van der Waals surface area contributed by atoms with Crippen molar-refractivity contribution >= 4 is 46.9 Å². The summed E-state index contributed by atoms with van der Waals surface area (Å²) in [4.78, 5) is 26.4. The van der Waals surface area contributed by atoms with Crippen molar-refractivity contribution in [2.24, 2.45) is 11.0 Å². The molecule has 0 bridgehead atoms. The van der Waals surface area contributed by atoms with Gasteiger partial charge in [0, 0.05) is 16.0 Å². The highest BCUT2D eigenvalue weighted by molar-refractivity contribution is 6.31. The molecular formula is C33H32Cl2N2O6. The van der Waals surface area contributed by atoms with E-state index in [0.29, 0.717) is 32.9 Å². The molecule has 1 saturated carbocycles. The molecule has 2 unspecified atom stereocenters. The first-order chi connectivity index (χ1) is 20.8. The highest BCUT2D eigenvalue weighted by Gasteiger charge is 2.43. The topological polar surface area (TPSA) is 86.7 Å². The largest absolute Gasteiger partial charge is 0.493 e. The average molecular weight is 624 g/mol. The molecule has 224 valence electrons. The van der Waals surface area contributed by atoms with Crippen LogP contribution in [0.25, 0.3) is 6.08 Å². The van der Waals surface area contributed by atoms with Gasteiger partial charge < -0.3 is 18.9 Å². The summed E-state index contributed by atoms with van der Waals surface area (Å²) in [6.45, 7) is -0.454. The molecule has 43 heavy (non-hydrogen) atoms. The van der Waals surface area contributed by atoms with Crippen LogP contribution in [0, 0.1) is 5.92 Å². The van der Waals surface area contributed by atoms with E-state index in [2.05, 4.69) is 6.08 Å². The van der Waals surface area contributed by atoms with E-state index in [1.54, 1.807) is 24.3 Å². The van der Waals surface area contributed by atoms with E-state index >= 15 is 0 Å². The van der Waals surface area contributed by atoms with E-state index in [1.807, 2.05) is 36.4 Å². The predicted octanol–water partition coefficient (Wildman–Crippen LogP) is 6.93. The van der Waals surface area contributed by atoms with Gasteiger partial charge in [0.05, 0.1) is 39.5 Å². The Morgan fingerprint density at radius 1 is 0.953 bits per heavy atom. The van der Waals surface area contributed by atoms with Crippen LogP contribution in [0.1, 0.15) is 42.0 Å². The van der Waals surface area contributed by atoms with Gasteiger partial charge in [-0.1, -0.05) is 47.5 Å². The zero-order valence-electron chi connectivity index (χ0n) is 24.1. The second kappa shape index (κ2) is 13.5. The number of benzene rings is 3. The van der Waals surface area contributed by atoms with Crippen LogP contribution in [-0.2, 0) is 20.7 Å². The second-order valence-corrected chi connectivity index (χ2v) is 11.2. The zero-order valence-corrected chi connectivity index (χ0v) is 25.7. The van der Waals surface area contributed by atoms with Crippen LogP contribution in [-0.4, -0.2) is 50.5 Å². The summed E-state index contributed by atoms with van der Waals surface area (Å²) >= 11 is 12.4. The Morgan fingerprint density at radius 2 is 1.67 bits per heavy atom. The van der Waals surface area contributed by atoms with E-state index in [0.717, 1.165) is 41.7 Å². The first-order valence-electron chi connectivity index (χ1n) is 13.9. The third kappa shape index (κ3) is 6.81. The summed E-state index contributed by atoms with van der Waals surface area (Å²) in [5.74, 6) is 0.258. The predicted molar refractivity (Wildman–Crippen MR) is 166 cm³/mol. The van der Waals surface area contributed by atoms with Crippen molar-refractivity contribution in [3.05, 3.63) is 93.0 Å². The van der Waals surface area contributed by atoms with Gasteiger partial charge in [-0.15, -0.1) is 0 Å². The van der Waals surface area contributed by atoms with Crippen LogP contribution in [0.4, 0.5) is 0 Å². The number of methoxy groups -OCH3 is 3. The van der Waals surface area contributed by atoms with Crippen LogP contribution in [0.15, 0.2) is 71.3 Å². The average Bonchev–Trinajstić information content (AvgIpc) is 3.40. The lowest BCUT2D eigenvalue weighted by Gasteiger charge is -2.29. The minimum absolute atomic E-state index is 0.0146. The molecule has 5 rings (SSSR count). The number of carbonyl (C=O) groups is 2. The molecular weight excluding hydrogens is 591 g/mol. The highest BCUT2D eigenvalue weighted by Crippen LogP contribution is 2.45. The molecule has 2 aliphatic rings. The van der Waals surface area contributed by atoms with Crippen LogP contribution < -0.4 is 14.2 Å². The number of amides is 1. The molecule has 1 aliphatic heterocycles. The fraction of sp³-hybridized carbons (Fsp3) is 0.303. The molecule has 1 aliphatic carbocycles. The van der Waals surface area contributed by atoms with E-state index in [1.165, 1.54) is 26.3 Å². The van der Waals surface area contributed by atoms with Crippen molar-refractivity contribution in [2.45, 2.75) is 31.7 Å². The molecule has 0 saturated heterocycles. The number of rotatable bonds is 9. The second-order valence-electron chi connectivity index (χ2n) is 10.3. The monoisotopic (exact) mass is 622 g/mol. The highest BCUT2D eigenvalue weighted by atomic mass is 35.5. The van der Waals surface area contributed by atoms with Gasteiger partial charge in [0.2, 0.25) is 5.75 Å². The SMILES string of the molecule is COc1cc(CC(=O)OCC(=O)N2N=C3C(=Cc4cccc(Cl)c4)CCCC3C2c2ccc(Cl)cc2)cc(OC)c1OC. The maximum atomic E-state index is 13.6. The Morgan fingerprint density at radius 3 is 2.33 bits per heavy atom. The van der Waals surface area contributed by atoms with Crippen LogP contribution in [0.2, 0.25) is 10.0 Å². The van der Waals surface area contributed by atoms with E-state index in [9.17, 15) is 9.59 Å². The van der Waals surface area contributed by atoms with Crippen LogP contribution in [0.3, 0.4) is 0 Å². The minimum atomic E-state index is -0.573. The van der Waals surface area contributed by atoms with E-state index in [4.69, 9.17) is 47.3 Å². The molecule has 0 aromatic heterocycles. The number of fused-ring (bicyclic) bond motifs is 1. The Balaban J connectivity index is 1.37. The van der Waals surface area contributed by atoms with Gasteiger partial charge in [0.1, 0.15) is 0 Å². The number of carbonyl (C=O) groups excluding carboxylic acids is 2. The molecule has 3 aromatic carbocycles. The van der Waals surface area contributed by atoms with Crippen molar-refractivity contribution < 1.29 is 28.5 Å². The lowest BCUT2D eigenvalue weighted by atomic mass is 9.77. The lowest BCUT2D eigenvalue weighted by Crippen LogP contribution is -2.34. The molecule has 3 aromatic rings. The number of hydrazone groups is 1. The third-order valence-electron chi connectivity index (χ3n) is 7.59. The number of hydrogen-bond acceptors (Lipinski definition) is 7. The van der Waals surface area contributed by atoms with Crippen molar-refractivity contribution in [2.75, 3.05) is 27.9 Å². The van der Waals surface area contributed by atoms with Crippen molar-refractivity contribution in [3.8, 4) is 17.2 Å². The van der Waals surface area contributed by atoms with E-state index < -0.39 is 18.5 Å². The molecule has 1 heterocycles. The van der Waals surface area contributed by atoms with Crippen molar-refractivity contribution in [3.63, 3.8) is 0 Å². The molecule has 1 fully saturated rings. The summed E-state index contributed by atoms with van der Waals surface area (Å²) in [7, 11) is 4.50. The van der Waals surface area contributed by atoms with Gasteiger partial charge in [-0.25, -0.2) is 5.01 Å². The quantitative estimate of drug-likeness (QED) is 0.241. The standard InChI is InChI=1S/C33H32Cl2N2O6/c1-40-27-16-21(17-28(41-2)33(27)42-3)18-30(39)43-19-29(38)37-32(22-10-12-24(34)13-11-22)26-9-5-7-23(31(26)36-37)14-20-6-4-8-25(35)15-20/h4,6,8,10-17,26,32H,5,7,9,18-19H2,1-3H3.